The largest absolute Gasteiger partial charge is 0.352 e. The van der Waals surface area contributed by atoms with E-state index < -0.39 is 6.04 Å². The number of thioether (sulfide) groups is 1. The molecule has 0 spiro atoms. The molecule has 0 aromatic heterocycles. The minimum Gasteiger partial charge on any atom is -0.352 e. The summed E-state index contributed by atoms with van der Waals surface area (Å²) in [5.74, 6) is 0.561. The first-order valence-electron chi connectivity index (χ1n) is 6.25. The van der Waals surface area contributed by atoms with Crippen LogP contribution in [-0.2, 0) is 9.59 Å². The molecule has 0 aliphatic heterocycles. The number of rotatable bonds is 8. The molecule has 18 heavy (non-hydrogen) atoms. The fourth-order valence-electron chi connectivity index (χ4n) is 1.49. The fourth-order valence-corrected chi connectivity index (χ4v) is 1.98. The molecule has 0 aliphatic carbocycles. The maximum absolute atomic E-state index is 12.0. The van der Waals surface area contributed by atoms with Crippen molar-refractivity contribution in [1.82, 2.24) is 10.2 Å². The molecule has 2 amide bonds. The lowest BCUT2D eigenvalue weighted by molar-refractivity contribution is -0.137. The van der Waals surface area contributed by atoms with Gasteiger partial charge in [0.1, 0.15) is 0 Å². The van der Waals surface area contributed by atoms with Crippen molar-refractivity contribution < 1.29 is 9.59 Å². The van der Waals surface area contributed by atoms with Crippen molar-refractivity contribution in [2.24, 2.45) is 5.73 Å². The minimum absolute atomic E-state index is 0.0801. The first-order chi connectivity index (χ1) is 8.42. The Morgan fingerprint density at radius 3 is 2.44 bits per heavy atom. The van der Waals surface area contributed by atoms with Crippen molar-refractivity contribution in [2.45, 2.75) is 39.3 Å². The SMILES string of the molecule is CCN(CC(=O)NC(C)C)C(=O)[C@H](N)CCSC. The van der Waals surface area contributed by atoms with Crippen molar-refractivity contribution in [3.05, 3.63) is 0 Å². The number of hydrogen-bond acceptors (Lipinski definition) is 4. The normalized spacial score (nSPS) is 12.3. The number of hydrogen-bond donors (Lipinski definition) is 2. The van der Waals surface area contributed by atoms with Crippen LogP contribution in [0.2, 0.25) is 0 Å². The van der Waals surface area contributed by atoms with E-state index in [1.807, 2.05) is 27.0 Å². The van der Waals surface area contributed by atoms with Gasteiger partial charge in [0.05, 0.1) is 12.6 Å². The van der Waals surface area contributed by atoms with Crippen molar-refractivity contribution >= 4 is 23.6 Å². The Labute approximate surface area is 114 Å². The molecule has 0 saturated heterocycles. The van der Waals surface area contributed by atoms with Gasteiger partial charge in [-0.25, -0.2) is 0 Å². The molecule has 0 aromatic carbocycles. The van der Waals surface area contributed by atoms with E-state index in [1.54, 1.807) is 11.8 Å². The second kappa shape index (κ2) is 9.22. The summed E-state index contributed by atoms with van der Waals surface area (Å²) in [4.78, 5) is 25.1. The number of nitrogens with zero attached hydrogens (tertiary/aromatic N) is 1. The third-order valence-electron chi connectivity index (χ3n) is 2.43. The Kier molecular flexibility index (Phi) is 8.83. The third kappa shape index (κ3) is 6.86. The molecular weight excluding hydrogens is 250 g/mol. The van der Waals surface area contributed by atoms with Crippen LogP contribution in [0.1, 0.15) is 27.2 Å². The quantitative estimate of drug-likeness (QED) is 0.674. The molecule has 1 atom stereocenters. The van der Waals surface area contributed by atoms with E-state index in [0.29, 0.717) is 13.0 Å². The van der Waals surface area contributed by atoms with Crippen molar-refractivity contribution in [3.8, 4) is 0 Å². The van der Waals surface area contributed by atoms with Gasteiger partial charge in [-0.1, -0.05) is 0 Å². The molecule has 0 rings (SSSR count). The van der Waals surface area contributed by atoms with E-state index in [9.17, 15) is 9.59 Å². The van der Waals surface area contributed by atoms with Gasteiger partial charge in [0.2, 0.25) is 11.8 Å². The highest BCUT2D eigenvalue weighted by molar-refractivity contribution is 7.98. The molecule has 0 aliphatic rings. The van der Waals surface area contributed by atoms with Crippen LogP contribution in [0.5, 0.6) is 0 Å². The van der Waals surface area contributed by atoms with Crippen LogP contribution >= 0.6 is 11.8 Å². The Bertz CT molecular complexity index is 272. The van der Waals surface area contributed by atoms with E-state index in [2.05, 4.69) is 5.32 Å². The second-order valence-electron chi connectivity index (χ2n) is 4.46. The highest BCUT2D eigenvalue weighted by atomic mass is 32.2. The Balaban J connectivity index is 4.30. The standard InChI is InChI=1S/C12H25N3O2S/c1-5-15(8-11(16)14-9(2)3)12(17)10(13)6-7-18-4/h9-10H,5-8,13H2,1-4H3,(H,14,16)/t10-/m1/s1. The van der Waals surface area contributed by atoms with Gasteiger partial charge < -0.3 is 16.0 Å². The van der Waals surface area contributed by atoms with E-state index in [-0.39, 0.29) is 24.4 Å². The number of amides is 2. The van der Waals surface area contributed by atoms with Gasteiger partial charge in [-0.3, -0.25) is 9.59 Å². The number of carbonyl (C=O) groups excluding carboxylic acids is 2. The van der Waals surface area contributed by atoms with E-state index in [0.717, 1.165) is 5.75 Å². The van der Waals surface area contributed by atoms with Crippen molar-refractivity contribution in [2.75, 3.05) is 25.1 Å². The van der Waals surface area contributed by atoms with Crippen molar-refractivity contribution in [3.63, 3.8) is 0 Å². The van der Waals surface area contributed by atoms with E-state index in [4.69, 9.17) is 5.73 Å². The fraction of sp³-hybridized carbons (Fsp3) is 0.833. The first-order valence-corrected chi connectivity index (χ1v) is 7.64. The monoisotopic (exact) mass is 275 g/mol. The maximum atomic E-state index is 12.0. The summed E-state index contributed by atoms with van der Waals surface area (Å²) >= 11 is 1.66. The second-order valence-corrected chi connectivity index (χ2v) is 5.45. The summed E-state index contributed by atoms with van der Waals surface area (Å²) in [5.41, 5.74) is 5.82. The maximum Gasteiger partial charge on any atom is 0.239 e. The summed E-state index contributed by atoms with van der Waals surface area (Å²) in [5, 5.41) is 2.77. The molecule has 0 saturated carbocycles. The van der Waals surface area contributed by atoms with Crippen LogP contribution in [0.4, 0.5) is 0 Å². The number of nitrogens with two attached hydrogens (primary N) is 1. The predicted molar refractivity (Wildman–Crippen MR) is 76.5 cm³/mol. The van der Waals surface area contributed by atoms with Crippen LogP contribution in [0, 0.1) is 0 Å². The van der Waals surface area contributed by atoms with E-state index in [1.165, 1.54) is 4.90 Å². The molecule has 0 bridgehead atoms. The highest BCUT2D eigenvalue weighted by Crippen LogP contribution is 2.02. The lowest BCUT2D eigenvalue weighted by Gasteiger charge is -2.24. The first kappa shape index (κ1) is 17.2. The number of likely N-dealkylation sites (N-methyl/N-ethyl adjacent to an activating group) is 1. The smallest absolute Gasteiger partial charge is 0.239 e. The molecule has 106 valence electrons. The van der Waals surface area contributed by atoms with Crippen LogP contribution < -0.4 is 11.1 Å². The van der Waals surface area contributed by atoms with Crippen LogP contribution in [0.15, 0.2) is 0 Å². The zero-order chi connectivity index (χ0) is 14.1. The molecule has 0 fully saturated rings. The molecule has 0 unspecified atom stereocenters. The van der Waals surface area contributed by atoms with Gasteiger partial charge in [-0.15, -0.1) is 0 Å². The Morgan fingerprint density at radius 1 is 1.39 bits per heavy atom. The molecule has 6 heteroatoms. The topological polar surface area (TPSA) is 75.4 Å². The van der Waals surface area contributed by atoms with Crippen LogP contribution in [-0.4, -0.2) is 53.9 Å². The Morgan fingerprint density at radius 2 is 2.00 bits per heavy atom. The summed E-state index contributed by atoms with van der Waals surface area (Å²) in [6.07, 6.45) is 2.62. The van der Waals surface area contributed by atoms with Gasteiger partial charge in [0.15, 0.2) is 0 Å². The molecule has 3 N–H and O–H groups in total. The summed E-state index contributed by atoms with van der Waals surface area (Å²) < 4.78 is 0. The lowest BCUT2D eigenvalue weighted by Crippen LogP contribution is -2.48. The number of carbonyl (C=O) groups is 2. The summed E-state index contributed by atoms with van der Waals surface area (Å²) in [6.45, 7) is 6.21. The number of nitrogens with one attached hydrogen (secondary N) is 1. The van der Waals surface area contributed by atoms with Gasteiger partial charge in [0.25, 0.3) is 0 Å². The Hall–Kier alpha value is -0.750. The molecule has 0 aromatic rings. The zero-order valence-electron chi connectivity index (χ0n) is 11.7. The summed E-state index contributed by atoms with van der Waals surface area (Å²) in [6, 6.07) is -0.430. The molecule has 0 radical (unpaired) electrons. The zero-order valence-corrected chi connectivity index (χ0v) is 12.5. The van der Waals surface area contributed by atoms with Gasteiger partial charge in [-0.05, 0) is 39.2 Å². The van der Waals surface area contributed by atoms with Gasteiger partial charge in [0, 0.05) is 12.6 Å². The summed E-state index contributed by atoms with van der Waals surface area (Å²) in [7, 11) is 0. The van der Waals surface area contributed by atoms with Crippen LogP contribution in [0.3, 0.4) is 0 Å². The highest BCUT2D eigenvalue weighted by Gasteiger charge is 2.21. The minimum atomic E-state index is -0.510. The predicted octanol–water partition coefficient (Wildman–Crippen LogP) is 0.440. The van der Waals surface area contributed by atoms with Crippen LogP contribution in [0.25, 0.3) is 0 Å². The van der Waals surface area contributed by atoms with Gasteiger partial charge in [-0.2, -0.15) is 11.8 Å². The lowest BCUT2D eigenvalue weighted by atomic mass is 10.2. The third-order valence-corrected chi connectivity index (χ3v) is 3.07. The molecule has 5 nitrogen and oxygen atoms in total. The van der Waals surface area contributed by atoms with E-state index >= 15 is 0 Å². The molecule has 0 heterocycles. The average molecular weight is 275 g/mol. The average Bonchev–Trinajstić information content (AvgIpc) is 2.31. The van der Waals surface area contributed by atoms with Crippen molar-refractivity contribution in [1.29, 1.82) is 0 Å². The van der Waals surface area contributed by atoms with Gasteiger partial charge >= 0.3 is 0 Å². The molecular formula is C12H25N3O2S.